The molecule has 0 saturated heterocycles. The van der Waals surface area contributed by atoms with Gasteiger partial charge in [-0.1, -0.05) is 206 Å². The molecule has 0 atom stereocenters. The average molecular weight is 643 g/mol. The molecule has 0 aliphatic carbocycles. The number of unbranched alkanes of at least 4 members (excludes halogenated alkanes) is 26. The van der Waals surface area contributed by atoms with E-state index in [1.54, 1.807) is 11.8 Å². The van der Waals surface area contributed by atoms with Gasteiger partial charge < -0.3 is 0 Å². The van der Waals surface area contributed by atoms with Crippen molar-refractivity contribution in [3.8, 4) is 0 Å². The number of rotatable bonds is 34. The van der Waals surface area contributed by atoms with Crippen molar-refractivity contribution in [2.24, 2.45) is 0 Å². The van der Waals surface area contributed by atoms with E-state index in [0.29, 0.717) is 5.04 Å². The minimum Gasteiger partial charge on any atom is -0.299 e. The third-order valence-corrected chi connectivity index (χ3v) is 10.4. The normalized spacial score (nSPS) is 11.6. The van der Waals surface area contributed by atoms with Crippen LogP contribution in [0.4, 0.5) is 0 Å². The molecule has 0 heterocycles. The highest BCUT2D eigenvalue weighted by Crippen LogP contribution is 2.18. The van der Waals surface area contributed by atoms with Gasteiger partial charge >= 0.3 is 0 Å². The van der Waals surface area contributed by atoms with Gasteiger partial charge in [-0.25, -0.2) is 0 Å². The predicted molar refractivity (Wildman–Crippen MR) is 207 cm³/mol. The van der Waals surface area contributed by atoms with Crippen molar-refractivity contribution in [1.29, 1.82) is 5.41 Å². The van der Waals surface area contributed by atoms with Crippen molar-refractivity contribution in [2.75, 3.05) is 18.8 Å². The molecule has 1 rings (SSSR count). The Bertz CT molecular complexity index is 731. The second-order valence-corrected chi connectivity index (χ2v) is 15.2. The molecule has 2 nitrogen and oxygen atoms in total. The van der Waals surface area contributed by atoms with Crippen LogP contribution in [0.3, 0.4) is 0 Å². The van der Waals surface area contributed by atoms with Gasteiger partial charge in [0.1, 0.15) is 0 Å². The first kappa shape index (κ1) is 42.2. The molecule has 0 aromatic heterocycles. The van der Waals surface area contributed by atoms with E-state index in [4.69, 9.17) is 5.41 Å². The largest absolute Gasteiger partial charge is 0.299 e. The first-order valence-corrected chi connectivity index (χ1v) is 21.2. The van der Waals surface area contributed by atoms with E-state index >= 15 is 0 Å². The van der Waals surface area contributed by atoms with Crippen molar-refractivity contribution in [3.63, 3.8) is 0 Å². The van der Waals surface area contributed by atoms with Crippen molar-refractivity contribution >= 4 is 16.8 Å². The van der Waals surface area contributed by atoms with E-state index < -0.39 is 0 Å². The van der Waals surface area contributed by atoms with Gasteiger partial charge in [0.15, 0.2) is 0 Å². The van der Waals surface area contributed by atoms with Crippen LogP contribution in [0.1, 0.15) is 212 Å². The zero-order chi connectivity index (χ0) is 32.5. The molecule has 0 aliphatic heterocycles. The standard InChI is InChI=1S/C42H78N2S/c1-4-7-9-11-13-15-17-19-21-23-25-27-29-31-36-44(39-40-34-33-35-41(38-40)42(43)45-6-3)37-32-30-28-26-24-22-20-18-16-14-12-10-8-5-2/h33-35,38,43H,4-32,36-37,39H2,1-3H3. The number of thioether (sulfide) groups is 1. The van der Waals surface area contributed by atoms with Gasteiger partial charge in [0.2, 0.25) is 0 Å². The maximum absolute atomic E-state index is 8.40. The van der Waals surface area contributed by atoms with E-state index in [1.165, 1.54) is 198 Å². The van der Waals surface area contributed by atoms with E-state index in [1.807, 2.05) is 0 Å². The topological polar surface area (TPSA) is 27.1 Å². The van der Waals surface area contributed by atoms with Gasteiger partial charge in [0, 0.05) is 12.1 Å². The summed E-state index contributed by atoms with van der Waals surface area (Å²) < 4.78 is 0. The van der Waals surface area contributed by atoms with Gasteiger partial charge in [-0.3, -0.25) is 10.3 Å². The minimum absolute atomic E-state index is 0.713. The fourth-order valence-corrected chi connectivity index (χ4v) is 7.21. The minimum atomic E-state index is 0.713. The van der Waals surface area contributed by atoms with Gasteiger partial charge in [0.25, 0.3) is 0 Å². The predicted octanol–water partition coefficient (Wildman–Crippen LogP) is 14.5. The lowest BCUT2D eigenvalue weighted by Gasteiger charge is -2.23. The Balaban J connectivity index is 2.25. The lowest BCUT2D eigenvalue weighted by atomic mass is 10.0. The van der Waals surface area contributed by atoms with Gasteiger partial charge in [-0.15, -0.1) is 11.8 Å². The van der Waals surface area contributed by atoms with Crippen LogP contribution in [-0.4, -0.2) is 28.8 Å². The number of nitrogens with zero attached hydrogens (tertiary/aromatic N) is 1. The molecule has 262 valence electrons. The molecular formula is C42H78N2S. The Labute approximate surface area is 287 Å². The van der Waals surface area contributed by atoms with Crippen molar-refractivity contribution < 1.29 is 0 Å². The van der Waals surface area contributed by atoms with Crippen LogP contribution in [0.2, 0.25) is 0 Å². The number of hydrogen-bond donors (Lipinski definition) is 1. The summed E-state index contributed by atoms with van der Waals surface area (Å²) in [4.78, 5) is 2.72. The molecule has 0 spiro atoms. The fourth-order valence-electron chi connectivity index (χ4n) is 6.63. The van der Waals surface area contributed by atoms with Crippen molar-refractivity contribution in [2.45, 2.75) is 207 Å². The third-order valence-electron chi connectivity index (χ3n) is 9.54. The number of hydrogen-bond acceptors (Lipinski definition) is 3. The Morgan fingerprint density at radius 3 is 1.22 bits per heavy atom. The highest BCUT2D eigenvalue weighted by molar-refractivity contribution is 8.14. The van der Waals surface area contributed by atoms with Gasteiger partial charge in [-0.05, 0) is 43.3 Å². The monoisotopic (exact) mass is 643 g/mol. The summed E-state index contributed by atoms with van der Waals surface area (Å²) in [5.74, 6) is 0.966. The molecule has 3 heteroatoms. The molecule has 0 fully saturated rings. The second kappa shape index (κ2) is 33.1. The highest BCUT2D eigenvalue weighted by atomic mass is 32.2. The summed E-state index contributed by atoms with van der Waals surface area (Å²) in [6.45, 7) is 10.2. The van der Waals surface area contributed by atoms with E-state index in [-0.39, 0.29) is 0 Å². The first-order chi connectivity index (χ1) is 22.2. The molecule has 1 N–H and O–H groups in total. The maximum Gasteiger partial charge on any atom is 0.0942 e. The SMILES string of the molecule is CCCCCCCCCCCCCCCCN(CCCCCCCCCCCCCCCC)Cc1cccc(C(=N)SCC)c1. The summed E-state index contributed by atoms with van der Waals surface area (Å²) in [5, 5.41) is 9.11. The third kappa shape index (κ3) is 26.9. The van der Waals surface area contributed by atoms with Crippen LogP contribution < -0.4 is 0 Å². The van der Waals surface area contributed by atoms with Gasteiger partial charge in [0.05, 0.1) is 5.04 Å². The van der Waals surface area contributed by atoms with E-state index in [0.717, 1.165) is 17.9 Å². The first-order valence-electron chi connectivity index (χ1n) is 20.2. The molecule has 0 saturated carbocycles. The summed E-state index contributed by atoms with van der Waals surface area (Å²) in [5.41, 5.74) is 2.47. The van der Waals surface area contributed by atoms with Crippen LogP contribution >= 0.6 is 11.8 Å². The average Bonchev–Trinajstić information content (AvgIpc) is 3.05. The van der Waals surface area contributed by atoms with Crippen LogP contribution in [0.25, 0.3) is 0 Å². The summed E-state index contributed by atoms with van der Waals surface area (Å²) in [6, 6.07) is 8.82. The molecule has 45 heavy (non-hydrogen) atoms. The zero-order valence-electron chi connectivity index (χ0n) is 30.8. The Morgan fingerprint density at radius 1 is 0.511 bits per heavy atom. The molecule has 0 bridgehead atoms. The highest BCUT2D eigenvalue weighted by Gasteiger charge is 2.09. The van der Waals surface area contributed by atoms with Gasteiger partial charge in [-0.2, -0.15) is 0 Å². The Kier molecular flexibility index (Phi) is 31.1. The lowest BCUT2D eigenvalue weighted by molar-refractivity contribution is 0.252. The van der Waals surface area contributed by atoms with Crippen LogP contribution in [-0.2, 0) is 6.54 Å². The smallest absolute Gasteiger partial charge is 0.0942 e. The van der Waals surface area contributed by atoms with E-state index in [2.05, 4.69) is 49.9 Å². The summed E-state index contributed by atoms with van der Waals surface area (Å²) in [6.07, 6.45) is 39.9. The van der Waals surface area contributed by atoms with Crippen LogP contribution in [0, 0.1) is 5.41 Å². The number of nitrogens with one attached hydrogen (secondary N) is 1. The van der Waals surface area contributed by atoms with Crippen molar-refractivity contribution in [3.05, 3.63) is 35.4 Å². The Hall–Kier alpha value is -0.800. The zero-order valence-corrected chi connectivity index (χ0v) is 31.6. The van der Waals surface area contributed by atoms with Crippen molar-refractivity contribution in [1.82, 2.24) is 4.90 Å². The molecule has 0 aliphatic rings. The quantitative estimate of drug-likeness (QED) is 0.0460. The molecule has 1 aromatic carbocycles. The lowest BCUT2D eigenvalue weighted by Crippen LogP contribution is -2.26. The van der Waals surface area contributed by atoms with E-state index in [9.17, 15) is 0 Å². The number of benzene rings is 1. The van der Waals surface area contributed by atoms with Crippen LogP contribution in [0.15, 0.2) is 24.3 Å². The summed E-state index contributed by atoms with van der Waals surface area (Å²) >= 11 is 1.65. The molecular weight excluding hydrogens is 565 g/mol. The molecule has 1 aromatic rings. The Morgan fingerprint density at radius 2 is 0.867 bits per heavy atom. The summed E-state index contributed by atoms with van der Waals surface area (Å²) in [7, 11) is 0. The molecule has 0 radical (unpaired) electrons. The maximum atomic E-state index is 8.40. The van der Waals surface area contributed by atoms with Crippen LogP contribution in [0.5, 0.6) is 0 Å². The second-order valence-electron chi connectivity index (χ2n) is 13.9. The molecule has 0 amide bonds. The molecule has 0 unspecified atom stereocenters. The fraction of sp³-hybridized carbons (Fsp3) is 0.833.